The lowest BCUT2D eigenvalue weighted by Crippen LogP contribution is -2.26. The Morgan fingerprint density at radius 1 is 1.42 bits per heavy atom. The Balaban J connectivity index is 2.28. The lowest BCUT2D eigenvalue weighted by Gasteiger charge is -2.02. The van der Waals surface area contributed by atoms with Gasteiger partial charge in [0.25, 0.3) is 5.91 Å². The van der Waals surface area contributed by atoms with Crippen LogP contribution in [-0.4, -0.2) is 33.3 Å². The average molecular weight is 280 g/mol. The van der Waals surface area contributed by atoms with Gasteiger partial charge in [-0.1, -0.05) is 0 Å². The predicted octanol–water partition coefficient (Wildman–Crippen LogP) is 1.87. The number of hydrogen-bond acceptors (Lipinski definition) is 5. The number of nitrogens with one attached hydrogen (secondary N) is 1. The molecule has 0 spiro atoms. The molecule has 1 amide bonds. The molecule has 6 heteroatoms. The molecule has 0 unspecified atom stereocenters. The molecule has 0 bridgehead atoms. The number of benzene rings is 1. The molecule has 102 valence electrons. The minimum atomic E-state index is -0.172. The molecule has 2 aromatic rings. The van der Waals surface area contributed by atoms with Crippen LogP contribution < -0.4 is 15.8 Å². The largest absolute Gasteiger partial charge is 0.497 e. The van der Waals surface area contributed by atoms with Crippen molar-refractivity contribution in [3.63, 3.8) is 0 Å². The first-order valence-electron chi connectivity index (χ1n) is 5.80. The molecule has 0 radical (unpaired) electrons. The fourth-order valence-electron chi connectivity index (χ4n) is 1.74. The topological polar surface area (TPSA) is 73.6 Å². The van der Waals surface area contributed by atoms with Gasteiger partial charge in [0.2, 0.25) is 0 Å². The van der Waals surface area contributed by atoms with Gasteiger partial charge in [-0.05, 0) is 18.2 Å². The molecule has 0 saturated carbocycles. The monoisotopic (exact) mass is 280 g/mol. The van der Waals surface area contributed by atoms with Crippen LogP contribution in [0.4, 0.5) is 5.69 Å². The third-order valence-corrected chi connectivity index (χ3v) is 3.90. The number of hydrogen-bond donors (Lipinski definition) is 2. The second-order valence-electron chi connectivity index (χ2n) is 3.96. The lowest BCUT2D eigenvalue weighted by atomic mass is 10.2. The van der Waals surface area contributed by atoms with Crippen LogP contribution in [0.25, 0.3) is 10.1 Å². The van der Waals surface area contributed by atoms with Crippen molar-refractivity contribution < 1.29 is 14.3 Å². The molecule has 2 rings (SSSR count). The highest BCUT2D eigenvalue weighted by Crippen LogP contribution is 2.35. The molecular weight excluding hydrogens is 264 g/mol. The molecule has 5 nitrogen and oxygen atoms in total. The summed E-state index contributed by atoms with van der Waals surface area (Å²) in [6, 6.07) is 5.58. The van der Waals surface area contributed by atoms with Gasteiger partial charge < -0.3 is 20.5 Å². The summed E-state index contributed by atoms with van der Waals surface area (Å²) in [5, 5.41) is 3.64. The van der Waals surface area contributed by atoms with E-state index in [4.69, 9.17) is 15.2 Å². The fourth-order valence-corrected chi connectivity index (χ4v) is 2.81. The highest BCUT2D eigenvalue weighted by atomic mass is 32.1. The fraction of sp³-hybridized carbons (Fsp3) is 0.308. The van der Waals surface area contributed by atoms with Crippen molar-refractivity contribution in [2.45, 2.75) is 0 Å². The number of nitrogens with two attached hydrogens (primary N) is 1. The summed E-state index contributed by atoms with van der Waals surface area (Å²) >= 11 is 1.36. The first kappa shape index (κ1) is 13.6. The lowest BCUT2D eigenvalue weighted by molar-refractivity contribution is 0.0942. The molecule has 0 aliphatic heterocycles. The summed E-state index contributed by atoms with van der Waals surface area (Å²) < 4.78 is 11.0. The molecule has 0 atom stereocenters. The second kappa shape index (κ2) is 5.90. The second-order valence-corrected chi connectivity index (χ2v) is 5.01. The van der Waals surface area contributed by atoms with Crippen LogP contribution in [0, 0.1) is 0 Å². The number of carbonyl (C=O) groups is 1. The standard InChI is InChI=1S/C13H16N2O3S/c1-17-6-5-15-13(16)12-11(14)9-4-3-8(18-2)7-10(9)19-12/h3-4,7H,5-6,14H2,1-2H3,(H,15,16). The smallest absolute Gasteiger partial charge is 0.263 e. The number of ether oxygens (including phenoxy) is 2. The van der Waals surface area contributed by atoms with Crippen LogP contribution in [0.2, 0.25) is 0 Å². The summed E-state index contributed by atoms with van der Waals surface area (Å²) in [7, 11) is 3.20. The van der Waals surface area contributed by atoms with Gasteiger partial charge in [0.05, 0.1) is 19.4 Å². The summed E-state index contributed by atoms with van der Waals surface area (Å²) in [4.78, 5) is 12.5. The van der Waals surface area contributed by atoms with E-state index in [9.17, 15) is 4.79 Å². The van der Waals surface area contributed by atoms with Crippen molar-refractivity contribution >= 4 is 33.0 Å². The number of carbonyl (C=O) groups excluding carboxylic acids is 1. The van der Waals surface area contributed by atoms with Crippen molar-refractivity contribution in [2.75, 3.05) is 33.1 Å². The van der Waals surface area contributed by atoms with Gasteiger partial charge in [-0.25, -0.2) is 0 Å². The van der Waals surface area contributed by atoms with Gasteiger partial charge in [0, 0.05) is 23.7 Å². The van der Waals surface area contributed by atoms with E-state index in [0.29, 0.717) is 23.7 Å². The maximum Gasteiger partial charge on any atom is 0.263 e. The van der Waals surface area contributed by atoms with Gasteiger partial charge in [0.15, 0.2) is 0 Å². The average Bonchev–Trinajstić information content (AvgIpc) is 2.75. The summed E-state index contributed by atoms with van der Waals surface area (Å²) in [6.45, 7) is 0.941. The van der Waals surface area contributed by atoms with E-state index in [1.54, 1.807) is 14.2 Å². The normalized spacial score (nSPS) is 10.6. The van der Waals surface area contributed by atoms with E-state index in [2.05, 4.69) is 5.32 Å². The quantitative estimate of drug-likeness (QED) is 0.820. The van der Waals surface area contributed by atoms with E-state index in [1.165, 1.54) is 11.3 Å². The van der Waals surface area contributed by atoms with Crippen LogP contribution in [0.15, 0.2) is 18.2 Å². The Morgan fingerprint density at radius 3 is 2.89 bits per heavy atom. The molecule has 0 fully saturated rings. The van der Waals surface area contributed by atoms with Crippen LogP contribution in [-0.2, 0) is 4.74 Å². The number of thiophene rings is 1. The van der Waals surface area contributed by atoms with Gasteiger partial charge in [-0.15, -0.1) is 11.3 Å². The Kier molecular flexibility index (Phi) is 4.24. The van der Waals surface area contributed by atoms with E-state index >= 15 is 0 Å². The van der Waals surface area contributed by atoms with Crippen molar-refractivity contribution in [1.29, 1.82) is 0 Å². The van der Waals surface area contributed by atoms with Crippen molar-refractivity contribution in [3.05, 3.63) is 23.1 Å². The van der Waals surface area contributed by atoms with E-state index < -0.39 is 0 Å². The third kappa shape index (κ3) is 2.80. The molecular formula is C13H16N2O3S. The molecule has 0 saturated heterocycles. The van der Waals surface area contributed by atoms with Crippen molar-refractivity contribution in [3.8, 4) is 5.75 Å². The Labute approximate surface area is 115 Å². The number of rotatable bonds is 5. The van der Waals surface area contributed by atoms with Crippen LogP contribution in [0.5, 0.6) is 5.75 Å². The number of fused-ring (bicyclic) bond motifs is 1. The van der Waals surface area contributed by atoms with Crippen LogP contribution in [0.1, 0.15) is 9.67 Å². The molecule has 1 aromatic carbocycles. The van der Waals surface area contributed by atoms with Gasteiger partial charge in [-0.3, -0.25) is 4.79 Å². The molecule has 1 heterocycles. The minimum Gasteiger partial charge on any atom is -0.497 e. The molecule has 3 N–H and O–H groups in total. The van der Waals surface area contributed by atoms with Crippen LogP contribution in [0.3, 0.4) is 0 Å². The van der Waals surface area contributed by atoms with E-state index in [0.717, 1.165) is 15.8 Å². The summed E-state index contributed by atoms with van der Waals surface area (Å²) in [5.41, 5.74) is 6.52. The number of anilines is 1. The minimum absolute atomic E-state index is 0.172. The van der Waals surface area contributed by atoms with E-state index in [1.807, 2.05) is 18.2 Å². The van der Waals surface area contributed by atoms with Crippen molar-refractivity contribution in [1.82, 2.24) is 5.32 Å². The highest BCUT2D eigenvalue weighted by molar-refractivity contribution is 7.21. The first-order valence-corrected chi connectivity index (χ1v) is 6.62. The molecule has 0 aliphatic rings. The number of methoxy groups -OCH3 is 2. The SMILES string of the molecule is COCCNC(=O)c1sc2cc(OC)ccc2c1N. The van der Waals surface area contributed by atoms with Gasteiger partial charge >= 0.3 is 0 Å². The zero-order valence-electron chi connectivity index (χ0n) is 10.9. The maximum atomic E-state index is 12.0. The van der Waals surface area contributed by atoms with Gasteiger partial charge in [0.1, 0.15) is 10.6 Å². The molecule has 0 aliphatic carbocycles. The zero-order chi connectivity index (χ0) is 13.8. The van der Waals surface area contributed by atoms with Crippen LogP contribution >= 0.6 is 11.3 Å². The molecule has 19 heavy (non-hydrogen) atoms. The Hall–Kier alpha value is -1.79. The van der Waals surface area contributed by atoms with E-state index in [-0.39, 0.29) is 5.91 Å². The number of amides is 1. The third-order valence-electron chi connectivity index (χ3n) is 2.73. The predicted molar refractivity (Wildman–Crippen MR) is 77.0 cm³/mol. The maximum absolute atomic E-state index is 12.0. The van der Waals surface area contributed by atoms with Crippen molar-refractivity contribution in [2.24, 2.45) is 0 Å². The summed E-state index contributed by atoms with van der Waals surface area (Å²) in [6.07, 6.45) is 0. The molecule has 1 aromatic heterocycles. The number of nitrogen functional groups attached to an aromatic ring is 1. The van der Waals surface area contributed by atoms with Gasteiger partial charge in [-0.2, -0.15) is 0 Å². The Bertz CT molecular complexity index is 595. The Morgan fingerprint density at radius 2 is 2.21 bits per heavy atom. The highest BCUT2D eigenvalue weighted by Gasteiger charge is 2.16. The first-order chi connectivity index (χ1) is 9.17. The zero-order valence-corrected chi connectivity index (χ0v) is 11.7. The summed E-state index contributed by atoms with van der Waals surface area (Å²) in [5.74, 6) is 0.579.